The predicted molar refractivity (Wildman–Crippen MR) is 71.8 cm³/mol. The highest BCUT2D eigenvalue weighted by Crippen LogP contribution is 2.20. The number of hydrogen-bond donors (Lipinski definition) is 2. The summed E-state index contributed by atoms with van der Waals surface area (Å²) in [5.74, 6) is -0.356. The van der Waals surface area contributed by atoms with Gasteiger partial charge in [-0.2, -0.15) is 5.26 Å². The molecule has 1 unspecified atom stereocenters. The molecule has 2 aromatic rings. The van der Waals surface area contributed by atoms with Crippen LogP contribution in [0.4, 0.5) is 5.82 Å². The standard InChI is InChI=1S/C14H13N3O2/c1-9(6-14(18)19)16-13-7-10(8-15)11-4-2-3-5-12(11)17-13/h2-5,7,9H,6H2,1H3,(H,16,17)(H,18,19). The molecule has 0 amide bonds. The van der Waals surface area contributed by atoms with E-state index in [2.05, 4.69) is 16.4 Å². The molecule has 0 saturated heterocycles. The van der Waals surface area contributed by atoms with Gasteiger partial charge in [-0.1, -0.05) is 18.2 Å². The van der Waals surface area contributed by atoms with Gasteiger partial charge in [-0.15, -0.1) is 0 Å². The van der Waals surface area contributed by atoms with E-state index in [0.717, 1.165) is 5.39 Å². The summed E-state index contributed by atoms with van der Waals surface area (Å²) in [7, 11) is 0. The highest BCUT2D eigenvalue weighted by molar-refractivity contribution is 5.86. The van der Waals surface area contributed by atoms with E-state index in [4.69, 9.17) is 10.4 Å². The van der Waals surface area contributed by atoms with Crippen molar-refractivity contribution in [3.05, 3.63) is 35.9 Å². The van der Waals surface area contributed by atoms with Crippen molar-refractivity contribution in [2.45, 2.75) is 19.4 Å². The van der Waals surface area contributed by atoms with Gasteiger partial charge in [-0.05, 0) is 19.1 Å². The first-order chi connectivity index (χ1) is 9.10. The van der Waals surface area contributed by atoms with Gasteiger partial charge in [0.25, 0.3) is 0 Å². The van der Waals surface area contributed by atoms with Crippen LogP contribution >= 0.6 is 0 Å². The van der Waals surface area contributed by atoms with Crippen LogP contribution in [-0.4, -0.2) is 22.1 Å². The lowest BCUT2D eigenvalue weighted by Crippen LogP contribution is -2.20. The first-order valence-corrected chi connectivity index (χ1v) is 5.88. The minimum atomic E-state index is -0.874. The lowest BCUT2D eigenvalue weighted by atomic mass is 10.1. The maximum Gasteiger partial charge on any atom is 0.305 e. The number of nitrogens with one attached hydrogen (secondary N) is 1. The minimum absolute atomic E-state index is 0.00358. The molecular weight excluding hydrogens is 242 g/mol. The van der Waals surface area contributed by atoms with Gasteiger partial charge >= 0.3 is 5.97 Å². The Morgan fingerprint density at radius 3 is 2.95 bits per heavy atom. The van der Waals surface area contributed by atoms with E-state index in [9.17, 15) is 4.79 Å². The van der Waals surface area contributed by atoms with E-state index in [0.29, 0.717) is 16.9 Å². The zero-order chi connectivity index (χ0) is 13.8. The molecule has 1 heterocycles. The van der Waals surface area contributed by atoms with E-state index in [1.807, 2.05) is 24.3 Å². The molecule has 1 aromatic carbocycles. The fourth-order valence-electron chi connectivity index (χ4n) is 1.91. The highest BCUT2D eigenvalue weighted by Gasteiger charge is 2.10. The Bertz CT molecular complexity index is 661. The van der Waals surface area contributed by atoms with Crippen LogP contribution in [0.2, 0.25) is 0 Å². The predicted octanol–water partition coefficient (Wildman–Crippen LogP) is 2.38. The van der Waals surface area contributed by atoms with E-state index >= 15 is 0 Å². The van der Waals surface area contributed by atoms with Crippen LogP contribution in [0.15, 0.2) is 30.3 Å². The molecule has 1 aromatic heterocycles. The zero-order valence-corrected chi connectivity index (χ0v) is 10.4. The Labute approximate surface area is 110 Å². The van der Waals surface area contributed by atoms with Crippen molar-refractivity contribution in [1.82, 2.24) is 4.98 Å². The molecule has 0 spiro atoms. The molecule has 96 valence electrons. The molecule has 0 saturated carbocycles. The number of nitrogens with zero attached hydrogens (tertiary/aromatic N) is 2. The fourth-order valence-corrected chi connectivity index (χ4v) is 1.91. The maximum atomic E-state index is 10.6. The number of rotatable bonds is 4. The van der Waals surface area contributed by atoms with Crippen LogP contribution in [0, 0.1) is 11.3 Å². The number of carbonyl (C=O) groups is 1. The number of benzene rings is 1. The van der Waals surface area contributed by atoms with E-state index in [1.165, 1.54) is 0 Å². The second-order valence-corrected chi connectivity index (χ2v) is 4.33. The molecule has 0 aliphatic rings. The molecule has 19 heavy (non-hydrogen) atoms. The SMILES string of the molecule is CC(CC(=O)O)Nc1cc(C#N)c2ccccc2n1. The summed E-state index contributed by atoms with van der Waals surface area (Å²) >= 11 is 0. The van der Waals surface area contributed by atoms with Crippen molar-refractivity contribution >= 4 is 22.7 Å². The van der Waals surface area contributed by atoms with Gasteiger partial charge in [0.15, 0.2) is 0 Å². The van der Waals surface area contributed by atoms with E-state index in [1.54, 1.807) is 13.0 Å². The third-order valence-corrected chi connectivity index (χ3v) is 2.71. The topological polar surface area (TPSA) is 86.0 Å². The number of nitriles is 1. The molecule has 5 nitrogen and oxygen atoms in total. The van der Waals surface area contributed by atoms with Gasteiger partial charge in [-0.3, -0.25) is 4.79 Å². The first kappa shape index (κ1) is 12.8. The van der Waals surface area contributed by atoms with Crippen molar-refractivity contribution in [3.63, 3.8) is 0 Å². The number of aliphatic carboxylic acids is 1. The number of anilines is 1. The monoisotopic (exact) mass is 255 g/mol. The third kappa shape index (κ3) is 2.99. The first-order valence-electron chi connectivity index (χ1n) is 5.88. The van der Waals surface area contributed by atoms with Crippen LogP contribution in [-0.2, 0) is 4.79 Å². The van der Waals surface area contributed by atoms with Crippen molar-refractivity contribution in [3.8, 4) is 6.07 Å². The Kier molecular flexibility index (Phi) is 3.62. The highest BCUT2D eigenvalue weighted by atomic mass is 16.4. The van der Waals surface area contributed by atoms with Crippen LogP contribution in [0.1, 0.15) is 18.9 Å². The summed E-state index contributed by atoms with van der Waals surface area (Å²) in [5, 5.41) is 21.7. The maximum absolute atomic E-state index is 10.6. The molecular formula is C14H13N3O2. The fraction of sp³-hybridized carbons (Fsp3) is 0.214. The van der Waals surface area contributed by atoms with Crippen molar-refractivity contribution in [2.24, 2.45) is 0 Å². The van der Waals surface area contributed by atoms with Gasteiger partial charge < -0.3 is 10.4 Å². The number of pyridine rings is 1. The molecule has 0 bridgehead atoms. The van der Waals surface area contributed by atoms with Gasteiger partial charge in [0.05, 0.1) is 23.6 Å². The molecule has 0 aliphatic heterocycles. The normalized spacial score (nSPS) is 11.8. The summed E-state index contributed by atoms with van der Waals surface area (Å²) in [4.78, 5) is 15.0. The molecule has 0 fully saturated rings. The second-order valence-electron chi connectivity index (χ2n) is 4.33. The number of fused-ring (bicyclic) bond motifs is 1. The van der Waals surface area contributed by atoms with Crippen LogP contribution < -0.4 is 5.32 Å². The van der Waals surface area contributed by atoms with Gasteiger partial charge in [-0.25, -0.2) is 4.98 Å². The molecule has 1 atom stereocenters. The molecule has 0 aliphatic carbocycles. The molecule has 0 radical (unpaired) electrons. The Balaban J connectivity index is 2.35. The number of aromatic nitrogens is 1. The summed E-state index contributed by atoms with van der Waals surface area (Å²) in [6.45, 7) is 1.76. The average molecular weight is 255 g/mol. The van der Waals surface area contributed by atoms with Crippen molar-refractivity contribution in [2.75, 3.05) is 5.32 Å². The average Bonchev–Trinajstić information content (AvgIpc) is 2.36. The van der Waals surface area contributed by atoms with Crippen LogP contribution in [0.5, 0.6) is 0 Å². The van der Waals surface area contributed by atoms with Gasteiger partial charge in [0, 0.05) is 11.4 Å². The molecule has 5 heteroatoms. The lowest BCUT2D eigenvalue weighted by Gasteiger charge is -2.13. The van der Waals surface area contributed by atoms with Gasteiger partial charge in [0.2, 0.25) is 0 Å². The summed E-state index contributed by atoms with van der Waals surface area (Å²) in [5.41, 5.74) is 1.24. The number of para-hydroxylation sites is 1. The number of carboxylic acids is 1. The van der Waals surface area contributed by atoms with Crippen LogP contribution in [0.3, 0.4) is 0 Å². The Hall–Kier alpha value is -2.61. The van der Waals surface area contributed by atoms with Crippen LogP contribution in [0.25, 0.3) is 10.9 Å². The zero-order valence-electron chi connectivity index (χ0n) is 10.4. The van der Waals surface area contributed by atoms with E-state index < -0.39 is 5.97 Å². The number of carboxylic acid groups (broad SMARTS) is 1. The molecule has 2 N–H and O–H groups in total. The molecule has 2 rings (SSSR count). The summed E-state index contributed by atoms with van der Waals surface area (Å²) < 4.78 is 0. The van der Waals surface area contributed by atoms with Gasteiger partial charge in [0.1, 0.15) is 5.82 Å². The smallest absolute Gasteiger partial charge is 0.305 e. The summed E-state index contributed by atoms with van der Waals surface area (Å²) in [6.07, 6.45) is -0.00358. The van der Waals surface area contributed by atoms with Crippen molar-refractivity contribution in [1.29, 1.82) is 5.26 Å². The lowest BCUT2D eigenvalue weighted by molar-refractivity contribution is -0.137. The third-order valence-electron chi connectivity index (χ3n) is 2.71. The summed E-state index contributed by atoms with van der Waals surface area (Å²) in [6, 6.07) is 10.9. The Morgan fingerprint density at radius 1 is 1.53 bits per heavy atom. The largest absolute Gasteiger partial charge is 0.481 e. The second kappa shape index (κ2) is 5.36. The van der Waals surface area contributed by atoms with Crippen molar-refractivity contribution < 1.29 is 9.90 Å². The quantitative estimate of drug-likeness (QED) is 0.876. The number of hydrogen-bond acceptors (Lipinski definition) is 4. The Morgan fingerprint density at radius 2 is 2.26 bits per heavy atom. The minimum Gasteiger partial charge on any atom is -0.481 e. The van der Waals surface area contributed by atoms with E-state index in [-0.39, 0.29) is 12.5 Å².